The maximum absolute atomic E-state index is 5.45. The number of hydrogen-bond acceptors (Lipinski definition) is 4. The predicted molar refractivity (Wildman–Crippen MR) is 61.6 cm³/mol. The summed E-state index contributed by atoms with van der Waals surface area (Å²) in [7, 11) is 0. The molecule has 2 unspecified atom stereocenters. The summed E-state index contributed by atoms with van der Waals surface area (Å²) in [5.74, 6) is 0.674. The monoisotopic (exact) mass is 212 g/mol. The Balaban J connectivity index is 0.000000187. The summed E-state index contributed by atoms with van der Waals surface area (Å²) in [4.78, 5) is 7.95. The zero-order chi connectivity index (χ0) is 11.1. The fourth-order valence-electron chi connectivity index (χ4n) is 1.32. The second-order valence-corrected chi connectivity index (χ2v) is 4.09. The van der Waals surface area contributed by atoms with E-state index in [-0.39, 0.29) is 12.3 Å². The van der Waals surface area contributed by atoms with Gasteiger partial charge in [-0.3, -0.25) is 9.98 Å². The van der Waals surface area contributed by atoms with Crippen LogP contribution in [-0.4, -0.2) is 38.1 Å². The van der Waals surface area contributed by atoms with Crippen LogP contribution in [0.1, 0.15) is 27.2 Å². The predicted octanol–water partition coefficient (Wildman–Crippen LogP) is 1.89. The largest absolute Gasteiger partial charge is 0.354 e. The molecule has 0 aromatic rings. The van der Waals surface area contributed by atoms with Gasteiger partial charge in [-0.1, -0.05) is 13.8 Å². The highest BCUT2D eigenvalue weighted by Crippen LogP contribution is 2.14. The minimum Gasteiger partial charge on any atom is -0.354 e. The third-order valence-electron chi connectivity index (χ3n) is 1.99. The zero-order valence-electron chi connectivity index (χ0n) is 9.72. The van der Waals surface area contributed by atoms with Gasteiger partial charge in [-0.05, 0) is 19.3 Å². The molecule has 0 saturated heterocycles. The first kappa shape index (κ1) is 12.3. The molecule has 0 fully saturated rings. The molecule has 4 heteroatoms. The number of aliphatic imine (C=N–C) groups is 2. The summed E-state index contributed by atoms with van der Waals surface area (Å²) in [6.07, 6.45) is 5.05. The van der Waals surface area contributed by atoms with E-state index in [0.29, 0.717) is 19.3 Å². The van der Waals surface area contributed by atoms with Crippen molar-refractivity contribution in [1.29, 1.82) is 0 Å². The van der Waals surface area contributed by atoms with Crippen LogP contribution in [0.5, 0.6) is 0 Å². The lowest BCUT2D eigenvalue weighted by molar-refractivity contribution is 0.0474. The van der Waals surface area contributed by atoms with E-state index in [9.17, 15) is 0 Å². The molecular weight excluding hydrogens is 192 g/mol. The van der Waals surface area contributed by atoms with Crippen LogP contribution in [-0.2, 0) is 9.47 Å². The van der Waals surface area contributed by atoms with Crippen LogP contribution in [0.15, 0.2) is 9.98 Å². The summed E-state index contributed by atoms with van der Waals surface area (Å²) in [5, 5.41) is 0. The average molecular weight is 212 g/mol. The van der Waals surface area contributed by atoms with Crippen LogP contribution >= 0.6 is 0 Å². The number of nitrogens with zero attached hydrogens (tertiary/aromatic N) is 2. The van der Waals surface area contributed by atoms with Gasteiger partial charge in [0.15, 0.2) is 0 Å². The summed E-state index contributed by atoms with van der Waals surface area (Å²) < 4.78 is 10.2. The minimum atomic E-state index is 0.134. The minimum absolute atomic E-state index is 0.134. The van der Waals surface area contributed by atoms with Crippen molar-refractivity contribution in [3.63, 3.8) is 0 Å². The Kier molecular flexibility index (Phi) is 5.50. The van der Waals surface area contributed by atoms with E-state index >= 15 is 0 Å². The van der Waals surface area contributed by atoms with Crippen LogP contribution in [0.3, 0.4) is 0 Å². The van der Waals surface area contributed by atoms with Gasteiger partial charge in [0.1, 0.15) is 13.0 Å². The first-order valence-corrected chi connectivity index (χ1v) is 5.43. The highest BCUT2D eigenvalue weighted by Gasteiger charge is 2.16. The first-order chi connectivity index (χ1) is 7.18. The van der Waals surface area contributed by atoms with Crippen LogP contribution in [0.25, 0.3) is 0 Å². The molecule has 2 heterocycles. The summed E-state index contributed by atoms with van der Waals surface area (Å²) in [6.45, 7) is 7.66. The lowest BCUT2D eigenvalue weighted by Crippen LogP contribution is -2.12. The van der Waals surface area contributed by atoms with Gasteiger partial charge in [-0.25, -0.2) is 0 Å². The average Bonchev–Trinajstić information content (AvgIpc) is 2.78. The molecule has 4 nitrogen and oxygen atoms in total. The summed E-state index contributed by atoms with van der Waals surface area (Å²) >= 11 is 0. The molecule has 2 aliphatic rings. The van der Waals surface area contributed by atoms with E-state index in [0.717, 1.165) is 6.42 Å². The molecule has 15 heavy (non-hydrogen) atoms. The van der Waals surface area contributed by atoms with Gasteiger partial charge in [0.25, 0.3) is 0 Å². The molecule has 0 radical (unpaired) electrons. The van der Waals surface area contributed by atoms with E-state index in [4.69, 9.17) is 9.47 Å². The Hall–Kier alpha value is -0.740. The van der Waals surface area contributed by atoms with Gasteiger partial charge < -0.3 is 9.47 Å². The summed E-state index contributed by atoms with van der Waals surface area (Å²) in [5.41, 5.74) is 0. The molecule has 0 saturated carbocycles. The van der Waals surface area contributed by atoms with E-state index < -0.39 is 0 Å². The fourth-order valence-corrected chi connectivity index (χ4v) is 1.32. The van der Waals surface area contributed by atoms with Crippen LogP contribution < -0.4 is 0 Å². The molecule has 2 rings (SSSR count). The van der Waals surface area contributed by atoms with Gasteiger partial charge in [-0.15, -0.1) is 0 Å². The summed E-state index contributed by atoms with van der Waals surface area (Å²) in [6, 6.07) is 0. The number of hydrogen-bond donors (Lipinski definition) is 0. The smallest absolute Gasteiger partial charge is 0.149 e. The molecule has 0 N–H and O–H groups in total. The molecule has 0 amide bonds. The lowest BCUT2D eigenvalue weighted by Gasteiger charge is -2.10. The van der Waals surface area contributed by atoms with Crippen LogP contribution in [0.4, 0.5) is 0 Å². The Morgan fingerprint density at radius 3 is 2.60 bits per heavy atom. The lowest BCUT2D eigenvalue weighted by atomic mass is 10.1. The fraction of sp³-hybridized carbons (Fsp3) is 0.818. The zero-order valence-corrected chi connectivity index (χ0v) is 9.72. The number of ether oxygens (including phenoxy) is 2. The van der Waals surface area contributed by atoms with Crippen LogP contribution in [0, 0.1) is 5.92 Å². The van der Waals surface area contributed by atoms with Gasteiger partial charge in [-0.2, -0.15) is 0 Å². The molecule has 86 valence electrons. The van der Waals surface area contributed by atoms with E-state index in [2.05, 4.69) is 23.8 Å². The Morgan fingerprint density at radius 1 is 1.47 bits per heavy atom. The molecule has 0 aromatic heterocycles. The van der Waals surface area contributed by atoms with Crippen LogP contribution in [0.2, 0.25) is 0 Å². The number of rotatable bonds is 2. The second kappa shape index (κ2) is 6.69. The molecular formula is C11H20N2O2. The van der Waals surface area contributed by atoms with Gasteiger partial charge in [0.2, 0.25) is 0 Å². The molecule has 0 aromatic carbocycles. The van der Waals surface area contributed by atoms with Crippen molar-refractivity contribution in [3.8, 4) is 0 Å². The van der Waals surface area contributed by atoms with Gasteiger partial charge >= 0.3 is 0 Å². The van der Waals surface area contributed by atoms with Gasteiger partial charge in [0.05, 0.1) is 12.7 Å². The van der Waals surface area contributed by atoms with Crippen molar-refractivity contribution in [1.82, 2.24) is 0 Å². The van der Waals surface area contributed by atoms with E-state index in [1.165, 1.54) is 0 Å². The highest BCUT2D eigenvalue weighted by atomic mass is 16.5. The van der Waals surface area contributed by atoms with Crippen molar-refractivity contribution in [3.05, 3.63) is 0 Å². The normalized spacial score (nSPS) is 28.3. The maximum atomic E-state index is 5.45. The topological polar surface area (TPSA) is 43.2 Å². The van der Waals surface area contributed by atoms with Crippen molar-refractivity contribution in [2.45, 2.75) is 39.5 Å². The van der Waals surface area contributed by atoms with E-state index in [1.54, 1.807) is 6.21 Å². The maximum Gasteiger partial charge on any atom is 0.149 e. The van der Waals surface area contributed by atoms with Crippen molar-refractivity contribution in [2.24, 2.45) is 15.9 Å². The van der Waals surface area contributed by atoms with Crippen molar-refractivity contribution < 1.29 is 9.47 Å². The third kappa shape index (κ3) is 5.64. The van der Waals surface area contributed by atoms with Crippen molar-refractivity contribution >= 4 is 12.4 Å². The molecule has 2 atom stereocenters. The Bertz CT molecular complexity index is 221. The molecule has 0 spiro atoms. The SMILES string of the molecule is C1=NCOC1.CC(C)CC1N=CC(C)O1. The standard InChI is InChI=1S/C8H15NO.C3H5NO/c1-6(2)4-8-9-5-7(3)10-8;1-2-5-3-4-1/h5-8H,4H2,1-3H3;1H,2-3H2. The first-order valence-electron chi connectivity index (χ1n) is 5.43. The van der Waals surface area contributed by atoms with Gasteiger partial charge in [0, 0.05) is 12.4 Å². The van der Waals surface area contributed by atoms with Crippen molar-refractivity contribution in [2.75, 3.05) is 13.3 Å². The highest BCUT2D eigenvalue weighted by molar-refractivity contribution is 5.64. The Labute approximate surface area is 91.4 Å². The molecule has 0 aliphatic carbocycles. The van der Waals surface area contributed by atoms with E-state index in [1.807, 2.05) is 13.1 Å². The second-order valence-electron chi connectivity index (χ2n) is 4.09. The quantitative estimate of drug-likeness (QED) is 0.701. The Morgan fingerprint density at radius 2 is 2.27 bits per heavy atom. The molecule has 2 aliphatic heterocycles. The molecule has 0 bridgehead atoms. The third-order valence-corrected chi connectivity index (χ3v) is 1.99.